The Bertz CT molecular complexity index is 684. The molecule has 1 amide bonds. The molecule has 5 heteroatoms. The minimum Gasteiger partial charge on any atom is -0.461 e. The fraction of sp³-hybridized carbons (Fsp3) is 0.333. The molecule has 3 N–H and O–H groups in total. The highest BCUT2D eigenvalue weighted by Crippen LogP contribution is 2.06. The van der Waals surface area contributed by atoms with Crippen LogP contribution in [-0.4, -0.2) is 18.4 Å². The first-order chi connectivity index (χ1) is 12.7. The summed E-state index contributed by atoms with van der Waals surface area (Å²) in [7, 11) is 0. The number of nitrogens with two attached hydrogens (primary N) is 1. The van der Waals surface area contributed by atoms with Crippen molar-refractivity contribution in [2.45, 2.75) is 38.8 Å². The summed E-state index contributed by atoms with van der Waals surface area (Å²) in [5, 5.41) is 2.88. The predicted octanol–water partition coefficient (Wildman–Crippen LogP) is 3.18. The van der Waals surface area contributed by atoms with Gasteiger partial charge in [-0.3, -0.25) is 9.59 Å². The molecule has 0 fully saturated rings. The maximum absolute atomic E-state index is 12.0. The molecule has 0 spiro atoms. The Morgan fingerprint density at radius 3 is 2.31 bits per heavy atom. The van der Waals surface area contributed by atoms with Crippen molar-refractivity contribution in [1.29, 1.82) is 0 Å². The highest BCUT2D eigenvalue weighted by Gasteiger charge is 2.05. The Labute approximate surface area is 154 Å². The van der Waals surface area contributed by atoms with Gasteiger partial charge in [-0.1, -0.05) is 48.9 Å². The molecule has 0 atom stereocenters. The molecule has 2 aromatic rings. The molecular formula is C21H26N2O3. The van der Waals surface area contributed by atoms with Crippen molar-refractivity contribution in [3.63, 3.8) is 0 Å². The summed E-state index contributed by atoms with van der Waals surface area (Å²) in [4.78, 5) is 23.7. The number of carbonyl (C=O) groups is 2. The normalized spacial score (nSPS) is 10.3. The largest absolute Gasteiger partial charge is 0.461 e. The van der Waals surface area contributed by atoms with Crippen molar-refractivity contribution in [3.05, 3.63) is 71.3 Å². The maximum atomic E-state index is 12.0. The molecule has 0 bridgehead atoms. The molecule has 0 radical (unpaired) electrons. The third-order valence-corrected chi connectivity index (χ3v) is 4.04. The molecular weight excluding hydrogens is 328 g/mol. The van der Waals surface area contributed by atoms with Crippen molar-refractivity contribution in [3.8, 4) is 0 Å². The van der Waals surface area contributed by atoms with Gasteiger partial charge in [-0.25, -0.2) is 0 Å². The molecule has 0 aliphatic carbocycles. The van der Waals surface area contributed by atoms with Gasteiger partial charge in [-0.05, 0) is 36.1 Å². The number of rotatable bonds is 10. The average Bonchev–Trinajstić information content (AvgIpc) is 2.69. The zero-order chi connectivity index (χ0) is 18.6. The number of nitrogens with one attached hydrogen (secondary N) is 1. The minimum absolute atomic E-state index is 0.0872. The van der Waals surface area contributed by atoms with E-state index in [0.29, 0.717) is 31.7 Å². The number of amides is 1. The van der Waals surface area contributed by atoms with E-state index in [1.54, 1.807) is 12.1 Å². The van der Waals surface area contributed by atoms with Crippen LogP contribution in [0.4, 0.5) is 0 Å². The van der Waals surface area contributed by atoms with E-state index in [0.717, 1.165) is 30.4 Å². The smallest absolute Gasteiger partial charge is 0.306 e. The third kappa shape index (κ3) is 7.07. The first-order valence-electron chi connectivity index (χ1n) is 8.96. The second-order valence-electron chi connectivity index (χ2n) is 6.11. The quantitative estimate of drug-likeness (QED) is 0.507. The van der Waals surface area contributed by atoms with E-state index in [1.807, 2.05) is 42.5 Å². The lowest BCUT2D eigenvalue weighted by atomic mass is 10.1. The van der Waals surface area contributed by atoms with Crippen LogP contribution in [0.25, 0.3) is 0 Å². The van der Waals surface area contributed by atoms with Crippen LogP contribution in [0, 0.1) is 0 Å². The fourth-order valence-electron chi connectivity index (χ4n) is 2.48. The van der Waals surface area contributed by atoms with Crippen molar-refractivity contribution >= 4 is 11.9 Å². The van der Waals surface area contributed by atoms with Gasteiger partial charge in [0.25, 0.3) is 5.91 Å². The number of unbranched alkanes of at least 4 members (excludes halogenated alkanes) is 2. The van der Waals surface area contributed by atoms with Gasteiger partial charge in [0.15, 0.2) is 0 Å². The number of esters is 1. The Hall–Kier alpha value is -2.66. The summed E-state index contributed by atoms with van der Waals surface area (Å²) in [6.45, 7) is 1.38. The van der Waals surface area contributed by atoms with Crippen molar-refractivity contribution in [2.24, 2.45) is 5.73 Å². The summed E-state index contributed by atoms with van der Waals surface area (Å²) in [5.41, 5.74) is 8.16. The zero-order valence-corrected chi connectivity index (χ0v) is 14.9. The van der Waals surface area contributed by atoms with Gasteiger partial charge < -0.3 is 15.8 Å². The molecule has 26 heavy (non-hydrogen) atoms. The second-order valence-corrected chi connectivity index (χ2v) is 6.11. The first kappa shape index (κ1) is 19.7. The Morgan fingerprint density at radius 2 is 1.62 bits per heavy atom. The van der Waals surface area contributed by atoms with Gasteiger partial charge in [0.2, 0.25) is 0 Å². The fourth-order valence-corrected chi connectivity index (χ4v) is 2.48. The number of carbonyl (C=O) groups excluding carboxylic acids is 2. The van der Waals surface area contributed by atoms with E-state index in [9.17, 15) is 9.59 Å². The summed E-state index contributed by atoms with van der Waals surface area (Å²) in [6, 6.07) is 16.9. The van der Waals surface area contributed by atoms with E-state index in [4.69, 9.17) is 10.5 Å². The average molecular weight is 354 g/mol. The lowest BCUT2D eigenvalue weighted by Gasteiger charge is -2.07. The molecule has 5 nitrogen and oxygen atoms in total. The molecule has 0 saturated carbocycles. The lowest BCUT2D eigenvalue weighted by Crippen LogP contribution is -2.24. The highest BCUT2D eigenvalue weighted by atomic mass is 16.5. The van der Waals surface area contributed by atoms with Crippen LogP contribution in [0.3, 0.4) is 0 Å². The monoisotopic (exact) mass is 354 g/mol. The standard InChI is InChI=1S/C21H26N2O3/c22-15-17-10-12-19(13-11-17)21(25)23-14-6-2-5-9-20(24)26-16-18-7-3-1-4-8-18/h1,3-4,7-8,10-13H,2,5-6,9,14-16,22H2,(H,23,25). The minimum atomic E-state index is -0.183. The van der Waals surface area contributed by atoms with Gasteiger partial charge in [0.1, 0.15) is 6.61 Å². The van der Waals surface area contributed by atoms with Gasteiger partial charge in [0.05, 0.1) is 0 Å². The topological polar surface area (TPSA) is 81.4 Å². The van der Waals surface area contributed by atoms with Crippen molar-refractivity contribution < 1.29 is 14.3 Å². The van der Waals surface area contributed by atoms with Crippen molar-refractivity contribution in [1.82, 2.24) is 5.32 Å². The van der Waals surface area contributed by atoms with Crippen LogP contribution >= 0.6 is 0 Å². The van der Waals surface area contributed by atoms with E-state index in [2.05, 4.69) is 5.32 Å². The molecule has 0 aromatic heterocycles. The summed E-state index contributed by atoms with van der Waals surface area (Å²) < 4.78 is 5.23. The van der Waals surface area contributed by atoms with Crippen LogP contribution < -0.4 is 11.1 Å². The molecule has 0 saturated heterocycles. The molecule has 0 unspecified atom stereocenters. The molecule has 0 aliphatic rings. The van der Waals surface area contributed by atoms with Crippen LogP contribution in [0.1, 0.15) is 47.2 Å². The number of ether oxygens (including phenoxy) is 1. The van der Waals surface area contributed by atoms with E-state index in [-0.39, 0.29) is 11.9 Å². The molecule has 0 heterocycles. The molecule has 138 valence electrons. The van der Waals surface area contributed by atoms with E-state index >= 15 is 0 Å². The van der Waals surface area contributed by atoms with Gasteiger partial charge in [-0.15, -0.1) is 0 Å². The number of hydrogen-bond donors (Lipinski definition) is 2. The van der Waals surface area contributed by atoms with Crippen LogP contribution in [0.2, 0.25) is 0 Å². The van der Waals surface area contributed by atoms with Crippen molar-refractivity contribution in [2.75, 3.05) is 6.54 Å². The molecule has 2 aromatic carbocycles. The third-order valence-electron chi connectivity index (χ3n) is 4.04. The van der Waals surface area contributed by atoms with Gasteiger partial charge in [0, 0.05) is 25.1 Å². The van der Waals surface area contributed by atoms with Crippen LogP contribution in [-0.2, 0) is 22.7 Å². The van der Waals surface area contributed by atoms with Gasteiger partial charge >= 0.3 is 5.97 Å². The first-order valence-corrected chi connectivity index (χ1v) is 8.96. The zero-order valence-electron chi connectivity index (χ0n) is 14.9. The highest BCUT2D eigenvalue weighted by molar-refractivity contribution is 5.94. The SMILES string of the molecule is NCc1ccc(C(=O)NCCCCCC(=O)OCc2ccccc2)cc1. The Kier molecular flexibility index (Phi) is 8.36. The second kappa shape index (κ2) is 11.1. The van der Waals surface area contributed by atoms with Crippen LogP contribution in [0.5, 0.6) is 0 Å². The Balaban J connectivity index is 1.53. The Morgan fingerprint density at radius 1 is 0.885 bits per heavy atom. The van der Waals surface area contributed by atoms with Crippen LogP contribution in [0.15, 0.2) is 54.6 Å². The number of hydrogen-bond acceptors (Lipinski definition) is 4. The van der Waals surface area contributed by atoms with Gasteiger partial charge in [-0.2, -0.15) is 0 Å². The summed E-state index contributed by atoms with van der Waals surface area (Å²) in [6.07, 6.45) is 2.86. The van der Waals surface area contributed by atoms with E-state index < -0.39 is 0 Å². The predicted molar refractivity (Wildman–Crippen MR) is 101 cm³/mol. The molecule has 2 rings (SSSR count). The van der Waals surface area contributed by atoms with E-state index in [1.165, 1.54) is 0 Å². The summed E-state index contributed by atoms with van der Waals surface area (Å²) >= 11 is 0. The lowest BCUT2D eigenvalue weighted by molar-refractivity contribution is -0.145. The number of benzene rings is 2. The maximum Gasteiger partial charge on any atom is 0.306 e. The summed E-state index contributed by atoms with van der Waals surface area (Å²) in [5.74, 6) is -0.270. The molecule has 0 aliphatic heterocycles.